The van der Waals surface area contributed by atoms with Gasteiger partial charge in [0.25, 0.3) is 0 Å². The molecule has 0 radical (unpaired) electrons. The number of hydrogen-bond acceptors (Lipinski definition) is 6. The number of likely N-dealkylation sites (N-methyl/N-ethyl adjacent to an activating group) is 1. The largest absolute Gasteiger partial charge is 0.465 e. The van der Waals surface area contributed by atoms with Gasteiger partial charge in [-0.1, -0.05) is 11.3 Å². The second-order valence-electron chi connectivity index (χ2n) is 3.90. The van der Waals surface area contributed by atoms with E-state index in [0.717, 1.165) is 0 Å². The number of anilines is 1. The van der Waals surface area contributed by atoms with Crippen molar-refractivity contribution in [3.8, 4) is 0 Å². The number of amides is 1. The summed E-state index contributed by atoms with van der Waals surface area (Å²) >= 11 is 1.17. The highest BCUT2D eigenvalue weighted by molar-refractivity contribution is 7.17. The molecule has 1 aromatic rings. The second-order valence-corrected chi connectivity index (χ2v) is 4.93. The normalized spacial score (nSPS) is 11.8. The molecular formula is C12H19N3O3S. The zero-order valence-electron chi connectivity index (χ0n) is 11.6. The average Bonchev–Trinajstić information content (AvgIpc) is 2.87. The number of thiazole rings is 1. The lowest BCUT2D eigenvalue weighted by Crippen LogP contribution is -2.41. The lowest BCUT2D eigenvalue weighted by atomic mass is 10.3. The van der Waals surface area contributed by atoms with Gasteiger partial charge in [0.15, 0.2) is 5.13 Å². The van der Waals surface area contributed by atoms with E-state index in [1.165, 1.54) is 24.6 Å². The Hall–Kier alpha value is -1.63. The van der Waals surface area contributed by atoms with Crippen LogP contribution >= 0.6 is 11.3 Å². The molecule has 0 aliphatic carbocycles. The van der Waals surface area contributed by atoms with Gasteiger partial charge >= 0.3 is 5.97 Å². The van der Waals surface area contributed by atoms with Gasteiger partial charge in [-0.3, -0.25) is 4.79 Å². The Morgan fingerprint density at radius 2 is 2.11 bits per heavy atom. The molecule has 0 saturated carbocycles. The third-order valence-electron chi connectivity index (χ3n) is 2.68. The van der Waals surface area contributed by atoms with Gasteiger partial charge in [0.05, 0.1) is 13.3 Å². The van der Waals surface area contributed by atoms with Gasteiger partial charge in [0.1, 0.15) is 10.9 Å². The van der Waals surface area contributed by atoms with Crippen LogP contribution < -0.4 is 5.32 Å². The SMILES string of the molecule is CCN(CC)C(=O)C(C)Nc1ncc(C(=O)OC)s1. The molecule has 1 amide bonds. The summed E-state index contributed by atoms with van der Waals surface area (Å²) in [6, 6.07) is -0.378. The predicted molar refractivity (Wildman–Crippen MR) is 74.5 cm³/mol. The fraction of sp³-hybridized carbons (Fsp3) is 0.583. The number of nitrogens with one attached hydrogen (secondary N) is 1. The van der Waals surface area contributed by atoms with Gasteiger partial charge in [-0.2, -0.15) is 0 Å². The molecule has 1 N–H and O–H groups in total. The molecule has 0 saturated heterocycles. The van der Waals surface area contributed by atoms with Crippen molar-refractivity contribution in [1.29, 1.82) is 0 Å². The molecule has 1 atom stereocenters. The van der Waals surface area contributed by atoms with Crippen LogP contribution in [-0.4, -0.2) is 48.0 Å². The van der Waals surface area contributed by atoms with Crippen LogP contribution in [0.25, 0.3) is 0 Å². The van der Waals surface area contributed by atoms with Crippen molar-refractivity contribution in [2.24, 2.45) is 0 Å². The van der Waals surface area contributed by atoms with Crippen LogP contribution in [0.3, 0.4) is 0 Å². The van der Waals surface area contributed by atoms with Crippen LogP contribution in [0.1, 0.15) is 30.4 Å². The van der Waals surface area contributed by atoms with Crippen molar-refractivity contribution in [1.82, 2.24) is 9.88 Å². The summed E-state index contributed by atoms with van der Waals surface area (Å²) in [6.45, 7) is 7.00. The number of carbonyl (C=O) groups is 2. The number of aromatic nitrogens is 1. The lowest BCUT2D eigenvalue weighted by Gasteiger charge is -2.23. The average molecular weight is 285 g/mol. The smallest absolute Gasteiger partial charge is 0.349 e. The maximum Gasteiger partial charge on any atom is 0.349 e. The fourth-order valence-electron chi connectivity index (χ4n) is 1.59. The van der Waals surface area contributed by atoms with Crippen LogP contribution in [0.5, 0.6) is 0 Å². The molecule has 1 rings (SSSR count). The predicted octanol–water partition coefficient (Wildman–Crippen LogP) is 1.60. The molecule has 0 aromatic carbocycles. The van der Waals surface area contributed by atoms with E-state index in [1.54, 1.807) is 11.8 Å². The molecule has 0 aliphatic heterocycles. The highest BCUT2D eigenvalue weighted by atomic mass is 32.1. The number of nitrogens with zero attached hydrogens (tertiary/aromatic N) is 2. The van der Waals surface area contributed by atoms with E-state index in [2.05, 4.69) is 15.0 Å². The van der Waals surface area contributed by atoms with Crippen molar-refractivity contribution in [3.63, 3.8) is 0 Å². The Kier molecular flexibility index (Phi) is 5.75. The molecule has 0 fully saturated rings. The number of ether oxygens (including phenoxy) is 1. The standard InChI is InChI=1S/C12H19N3O3S/c1-5-15(6-2)10(16)8(3)14-12-13-7-9(19-12)11(17)18-4/h7-8H,5-6H2,1-4H3,(H,13,14). The van der Waals surface area contributed by atoms with Crippen molar-refractivity contribution in [2.45, 2.75) is 26.8 Å². The first-order valence-electron chi connectivity index (χ1n) is 6.12. The molecule has 1 aromatic heterocycles. The molecule has 1 heterocycles. The van der Waals surface area contributed by atoms with Crippen LogP contribution in [0.2, 0.25) is 0 Å². The summed E-state index contributed by atoms with van der Waals surface area (Å²) in [6.07, 6.45) is 1.44. The first-order valence-corrected chi connectivity index (χ1v) is 6.94. The maximum absolute atomic E-state index is 12.1. The van der Waals surface area contributed by atoms with Crippen molar-refractivity contribution in [3.05, 3.63) is 11.1 Å². The van der Waals surface area contributed by atoms with Crippen LogP contribution in [-0.2, 0) is 9.53 Å². The van der Waals surface area contributed by atoms with Gasteiger partial charge in [-0.05, 0) is 20.8 Å². The molecule has 6 nitrogen and oxygen atoms in total. The molecule has 1 unspecified atom stereocenters. The van der Waals surface area contributed by atoms with Gasteiger partial charge in [0, 0.05) is 13.1 Å². The molecule has 0 spiro atoms. The van der Waals surface area contributed by atoms with Gasteiger partial charge < -0.3 is 15.0 Å². The van der Waals surface area contributed by atoms with Gasteiger partial charge in [-0.25, -0.2) is 9.78 Å². The Morgan fingerprint density at radius 3 is 2.63 bits per heavy atom. The summed E-state index contributed by atoms with van der Waals surface area (Å²) in [5.41, 5.74) is 0. The second kappa shape index (κ2) is 7.08. The van der Waals surface area contributed by atoms with Crippen LogP contribution in [0, 0.1) is 0 Å². The highest BCUT2D eigenvalue weighted by Crippen LogP contribution is 2.19. The lowest BCUT2D eigenvalue weighted by molar-refractivity contribution is -0.131. The minimum atomic E-state index is -0.423. The fourth-order valence-corrected chi connectivity index (χ4v) is 2.41. The van der Waals surface area contributed by atoms with Crippen LogP contribution in [0.4, 0.5) is 5.13 Å². The molecule has 0 bridgehead atoms. The zero-order chi connectivity index (χ0) is 14.4. The van der Waals surface area contributed by atoms with E-state index in [9.17, 15) is 9.59 Å². The van der Waals surface area contributed by atoms with E-state index in [1.807, 2.05) is 13.8 Å². The summed E-state index contributed by atoms with van der Waals surface area (Å²) in [5.74, 6) is -0.409. The monoisotopic (exact) mass is 285 g/mol. The third-order valence-corrected chi connectivity index (χ3v) is 3.59. The number of carbonyl (C=O) groups excluding carboxylic acids is 2. The Bertz CT molecular complexity index is 443. The molecular weight excluding hydrogens is 266 g/mol. The molecule has 106 valence electrons. The third kappa shape index (κ3) is 3.92. The quantitative estimate of drug-likeness (QED) is 0.804. The summed E-state index contributed by atoms with van der Waals surface area (Å²) in [5, 5.41) is 3.53. The molecule has 19 heavy (non-hydrogen) atoms. The zero-order valence-corrected chi connectivity index (χ0v) is 12.4. The van der Waals surface area contributed by atoms with E-state index in [0.29, 0.717) is 23.1 Å². The first-order chi connectivity index (χ1) is 9.03. The van der Waals surface area contributed by atoms with E-state index < -0.39 is 5.97 Å². The van der Waals surface area contributed by atoms with Crippen LogP contribution in [0.15, 0.2) is 6.20 Å². The van der Waals surface area contributed by atoms with E-state index in [4.69, 9.17) is 0 Å². The van der Waals surface area contributed by atoms with Gasteiger partial charge in [-0.15, -0.1) is 0 Å². The number of esters is 1. The van der Waals surface area contributed by atoms with Crippen molar-refractivity contribution < 1.29 is 14.3 Å². The molecule has 7 heteroatoms. The maximum atomic E-state index is 12.1. The minimum absolute atomic E-state index is 0.0137. The van der Waals surface area contributed by atoms with Crippen molar-refractivity contribution >= 4 is 28.3 Å². The van der Waals surface area contributed by atoms with Crippen molar-refractivity contribution in [2.75, 3.05) is 25.5 Å². The topological polar surface area (TPSA) is 71.5 Å². The number of rotatable bonds is 6. The number of hydrogen-bond donors (Lipinski definition) is 1. The Morgan fingerprint density at radius 1 is 1.47 bits per heavy atom. The highest BCUT2D eigenvalue weighted by Gasteiger charge is 2.19. The Labute approximate surface area is 116 Å². The summed E-state index contributed by atoms with van der Waals surface area (Å²) in [4.78, 5) is 29.6. The Balaban J connectivity index is 2.66. The van der Waals surface area contributed by atoms with E-state index >= 15 is 0 Å². The first kappa shape index (κ1) is 15.4. The van der Waals surface area contributed by atoms with Gasteiger partial charge in [0.2, 0.25) is 5.91 Å². The number of methoxy groups -OCH3 is 1. The molecule has 0 aliphatic rings. The minimum Gasteiger partial charge on any atom is -0.465 e. The van der Waals surface area contributed by atoms with E-state index in [-0.39, 0.29) is 11.9 Å². The summed E-state index contributed by atoms with van der Waals surface area (Å²) < 4.78 is 4.60. The summed E-state index contributed by atoms with van der Waals surface area (Å²) in [7, 11) is 1.32.